The molecule has 0 radical (unpaired) electrons. The van der Waals surface area contributed by atoms with Gasteiger partial charge >= 0.3 is 0 Å². The second kappa shape index (κ2) is 7.20. The molecule has 0 aliphatic carbocycles. The SMILES string of the molecule is CCCOc1cc(S(=O)(=O)N2C[C@H](C)C[C@H](C)C2)ccc1Cl. The summed E-state index contributed by atoms with van der Waals surface area (Å²) in [7, 11) is -3.50. The molecule has 1 heterocycles. The molecule has 0 aromatic heterocycles. The highest BCUT2D eigenvalue weighted by Gasteiger charge is 2.32. The third kappa shape index (κ3) is 3.94. The van der Waals surface area contributed by atoms with Crippen LogP contribution >= 0.6 is 11.6 Å². The molecule has 1 aliphatic rings. The Labute approximate surface area is 138 Å². The fourth-order valence-electron chi connectivity index (χ4n) is 2.92. The number of nitrogens with zero attached hydrogens (tertiary/aromatic N) is 1. The van der Waals surface area contributed by atoms with Gasteiger partial charge in [0.1, 0.15) is 5.75 Å². The molecule has 0 unspecified atom stereocenters. The van der Waals surface area contributed by atoms with Crippen LogP contribution in [-0.4, -0.2) is 32.4 Å². The topological polar surface area (TPSA) is 46.6 Å². The molecule has 1 aliphatic heterocycles. The summed E-state index contributed by atoms with van der Waals surface area (Å²) < 4.78 is 32.8. The lowest BCUT2D eigenvalue weighted by molar-refractivity contribution is 0.222. The normalized spacial score (nSPS) is 23.5. The zero-order valence-corrected chi connectivity index (χ0v) is 15.0. The van der Waals surface area contributed by atoms with E-state index in [1.54, 1.807) is 16.4 Å². The van der Waals surface area contributed by atoms with Gasteiger partial charge in [0.25, 0.3) is 0 Å². The van der Waals surface area contributed by atoms with E-state index in [2.05, 4.69) is 13.8 Å². The first-order valence-corrected chi connectivity index (χ1v) is 9.59. The Hall–Kier alpha value is -0.780. The fourth-order valence-corrected chi connectivity index (χ4v) is 4.79. The van der Waals surface area contributed by atoms with Gasteiger partial charge in [-0.1, -0.05) is 32.4 Å². The van der Waals surface area contributed by atoms with E-state index in [1.165, 1.54) is 6.07 Å². The summed E-state index contributed by atoms with van der Waals surface area (Å²) in [6, 6.07) is 4.69. The highest BCUT2D eigenvalue weighted by molar-refractivity contribution is 7.89. The van der Waals surface area contributed by atoms with Crippen molar-refractivity contribution in [3.05, 3.63) is 23.2 Å². The number of piperidine rings is 1. The minimum atomic E-state index is -3.50. The van der Waals surface area contributed by atoms with Crippen LogP contribution < -0.4 is 4.74 Å². The number of halogens is 1. The van der Waals surface area contributed by atoms with Gasteiger partial charge in [-0.05, 0) is 36.8 Å². The third-order valence-electron chi connectivity index (χ3n) is 3.84. The van der Waals surface area contributed by atoms with Crippen LogP contribution in [0.1, 0.15) is 33.6 Å². The van der Waals surface area contributed by atoms with Crippen LogP contribution in [0.25, 0.3) is 0 Å². The maximum Gasteiger partial charge on any atom is 0.243 e. The molecule has 1 aromatic rings. The maximum atomic E-state index is 12.8. The molecular formula is C16H24ClNO3S. The monoisotopic (exact) mass is 345 g/mol. The first kappa shape index (κ1) is 17.6. The lowest BCUT2D eigenvalue weighted by Crippen LogP contribution is -2.42. The Bertz CT molecular complexity index is 608. The second-order valence-corrected chi connectivity index (χ2v) is 8.55. The summed E-state index contributed by atoms with van der Waals surface area (Å²) in [6.07, 6.45) is 1.91. The molecule has 0 bridgehead atoms. The second-order valence-electron chi connectivity index (χ2n) is 6.21. The van der Waals surface area contributed by atoms with E-state index in [0.717, 1.165) is 12.8 Å². The van der Waals surface area contributed by atoms with Crippen molar-refractivity contribution in [3.63, 3.8) is 0 Å². The molecule has 4 nitrogen and oxygen atoms in total. The fraction of sp³-hybridized carbons (Fsp3) is 0.625. The van der Waals surface area contributed by atoms with Gasteiger partial charge in [0.05, 0.1) is 16.5 Å². The molecule has 0 N–H and O–H groups in total. The Balaban J connectivity index is 2.29. The Morgan fingerprint density at radius 1 is 1.27 bits per heavy atom. The number of rotatable bonds is 5. The molecule has 124 valence electrons. The van der Waals surface area contributed by atoms with Crippen LogP contribution in [0.3, 0.4) is 0 Å². The summed E-state index contributed by atoms with van der Waals surface area (Å²) in [4.78, 5) is 0.254. The Morgan fingerprint density at radius 2 is 1.91 bits per heavy atom. The number of hydrogen-bond donors (Lipinski definition) is 0. The van der Waals surface area contributed by atoms with E-state index in [4.69, 9.17) is 16.3 Å². The Morgan fingerprint density at radius 3 is 2.50 bits per heavy atom. The maximum absolute atomic E-state index is 12.8. The van der Waals surface area contributed by atoms with Crippen LogP contribution in [0.4, 0.5) is 0 Å². The van der Waals surface area contributed by atoms with E-state index in [-0.39, 0.29) is 4.90 Å². The van der Waals surface area contributed by atoms with Crippen molar-refractivity contribution < 1.29 is 13.2 Å². The van der Waals surface area contributed by atoms with Gasteiger partial charge < -0.3 is 4.74 Å². The summed E-state index contributed by atoms with van der Waals surface area (Å²) in [6.45, 7) is 7.83. The highest BCUT2D eigenvalue weighted by atomic mass is 35.5. The zero-order valence-electron chi connectivity index (χ0n) is 13.4. The average Bonchev–Trinajstić information content (AvgIpc) is 2.45. The number of benzene rings is 1. The summed E-state index contributed by atoms with van der Waals surface area (Å²) in [5, 5.41) is 0.438. The zero-order chi connectivity index (χ0) is 16.3. The molecular weight excluding hydrogens is 322 g/mol. The van der Waals surface area contributed by atoms with Crippen molar-refractivity contribution in [1.29, 1.82) is 0 Å². The predicted molar refractivity (Wildman–Crippen MR) is 88.9 cm³/mol. The minimum absolute atomic E-state index is 0.254. The van der Waals surface area contributed by atoms with Gasteiger partial charge in [-0.2, -0.15) is 4.31 Å². The van der Waals surface area contributed by atoms with Crippen molar-refractivity contribution in [3.8, 4) is 5.75 Å². The molecule has 1 saturated heterocycles. The van der Waals surface area contributed by atoms with Crippen LogP contribution in [0.15, 0.2) is 23.1 Å². The van der Waals surface area contributed by atoms with Gasteiger partial charge in [-0.3, -0.25) is 0 Å². The number of hydrogen-bond acceptors (Lipinski definition) is 3. The van der Waals surface area contributed by atoms with Crippen LogP contribution in [0.2, 0.25) is 5.02 Å². The first-order valence-electron chi connectivity index (χ1n) is 7.77. The van der Waals surface area contributed by atoms with Crippen LogP contribution in [-0.2, 0) is 10.0 Å². The number of ether oxygens (including phenoxy) is 1. The van der Waals surface area contributed by atoms with Crippen molar-refractivity contribution >= 4 is 21.6 Å². The van der Waals surface area contributed by atoms with Gasteiger partial charge in [0.2, 0.25) is 10.0 Å². The van der Waals surface area contributed by atoms with Gasteiger partial charge in [-0.15, -0.1) is 0 Å². The van der Waals surface area contributed by atoms with E-state index in [1.807, 2.05) is 6.92 Å². The van der Waals surface area contributed by atoms with Crippen LogP contribution in [0.5, 0.6) is 5.75 Å². The highest BCUT2D eigenvalue weighted by Crippen LogP contribution is 2.31. The molecule has 2 rings (SSSR count). The molecule has 0 amide bonds. The van der Waals surface area contributed by atoms with Crippen LogP contribution in [0, 0.1) is 11.8 Å². The van der Waals surface area contributed by atoms with Crippen molar-refractivity contribution in [2.45, 2.75) is 38.5 Å². The molecule has 2 atom stereocenters. The molecule has 0 spiro atoms. The largest absolute Gasteiger partial charge is 0.492 e. The minimum Gasteiger partial charge on any atom is -0.492 e. The quantitative estimate of drug-likeness (QED) is 0.815. The third-order valence-corrected chi connectivity index (χ3v) is 5.98. The summed E-state index contributed by atoms with van der Waals surface area (Å²) >= 11 is 6.08. The van der Waals surface area contributed by atoms with Gasteiger partial charge in [0, 0.05) is 19.2 Å². The van der Waals surface area contributed by atoms with E-state index >= 15 is 0 Å². The molecule has 0 saturated carbocycles. The van der Waals surface area contributed by atoms with E-state index < -0.39 is 10.0 Å². The molecule has 22 heavy (non-hydrogen) atoms. The molecule has 1 aromatic carbocycles. The standard InChI is InChI=1S/C16H24ClNO3S/c1-4-7-21-16-9-14(5-6-15(16)17)22(19,20)18-10-12(2)8-13(3)11-18/h5-6,9,12-13H,4,7-8,10-11H2,1-3H3/t12-,13+. The van der Waals surface area contributed by atoms with Crippen molar-refractivity contribution in [2.75, 3.05) is 19.7 Å². The van der Waals surface area contributed by atoms with Gasteiger partial charge in [0.15, 0.2) is 0 Å². The smallest absolute Gasteiger partial charge is 0.243 e. The van der Waals surface area contributed by atoms with Crippen molar-refractivity contribution in [2.24, 2.45) is 11.8 Å². The molecule has 6 heteroatoms. The summed E-state index contributed by atoms with van der Waals surface area (Å²) in [5.74, 6) is 1.19. The van der Waals surface area contributed by atoms with E-state index in [0.29, 0.717) is 42.3 Å². The lowest BCUT2D eigenvalue weighted by Gasteiger charge is -2.34. The number of sulfonamides is 1. The average molecular weight is 346 g/mol. The predicted octanol–water partition coefficient (Wildman–Crippen LogP) is 3.80. The van der Waals surface area contributed by atoms with Crippen molar-refractivity contribution in [1.82, 2.24) is 4.31 Å². The van der Waals surface area contributed by atoms with E-state index in [9.17, 15) is 8.42 Å². The first-order chi connectivity index (χ1) is 10.3. The summed E-state index contributed by atoms with van der Waals surface area (Å²) in [5.41, 5.74) is 0. The molecule has 1 fully saturated rings. The Kier molecular flexibility index (Phi) is 5.75. The lowest BCUT2D eigenvalue weighted by atomic mass is 9.94. The van der Waals surface area contributed by atoms with Gasteiger partial charge in [-0.25, -0.2) is 8.42 Å².